The van der Waals surface area contributed by atoms with Crippen LogP contribution in [-0.4, -0.2) is 11.6 Å². The number of aliphatic imine (C=N–C) groups is 1. The quantitative estimate of drug-likeness (QED) is 0.263. The van der Waals surface area contributed by atoms with Crippen LogP contribution in [0.1, 0.15) is 27.0 Å². The second-order valence-electron chi connectivity index (χ2n) is 7.54. The monoisotopic (exact) mass is 513 g/mol. The van der Waals surface area contributed by atoms with Gasteiger partial charge < -0.3 is 0 Å². The fraction of sp³-hybridized carbons (Fsp3) is 0.0370. The number of rotatable bonds is 5. The maximum Gasteiger partial charge on any atom is 0.265 e. The van der Waals surface area contributed by atoms with Crippen molar-refractivity contribution in [2.24, 2.45) is 4.99 Å². The molecule has 0 saturated carbocycles. The van der Waals surface area contributed by atoms with Gasteiger partial charge in [0.25, 0.3) is 5.91 Å². The normalized spacial score (nSPS) is 12.2. The molecule has 33 heavy (non-hydrogen) atoms. The minimum atomic E-state index is -0.194. The summed E-state index contributed by atoms with van der Waals surface area (Å²) in [5.74, 6) is -0.194. The summed E-state index contributed by atoms with van der Waals surface area (Å²) in [7, 11) is 0. The fourth-order valence-electron chi connectivity index (χ4n) is 3.61. The molecule has 0 aliphatic carbocycles. The number of carbonyl (C=O) groups excluding carboxylic acids is 1. The molecule has 0 saturated heterocycles. The van der Waals surface area contributed by atoms with Crippen LogP contribution in [0.2, 0.25) is 0 Å². The van der Waals surface area contributed by atoms with Crippen molar-refractivity contribution in [2.75, 3.05) is 0 Å². The van der Waals surface area contributed by atoms with E-state index in [0.717, 1.165) is 42.4 Å². The molecule has 6 heteroatoms. The molecule has 1 aliphatic rings. The highest BCUT2D eigenvalue weighted by atomic mass is 79.9. The van der Waals surface area contributed by atoms with E-state index in [9.17, 15) is 4.79 Å². The Morgan fingerprint density at radius 3 is 2.42 bits per heavy atom. The second-order valence-corrected chi connectivity index (χ2v) is 9.54. The van der Waals surface area contributed by atoms with E-state index in [1.54, 1.807) is 11.8 Å². The Bertz CT molecular complexity index is 1340. The summed E-state index contributed by atoms with van der Waals surface area (Å²) >= 11 is 5.18. The molecular weight excluding hydrogens is 494 g/mol. The van der Waals surface area contributed by atoms with Crippen LogP contribution < -0.4 is 10.9 Å². The van der Waals surface area contributed by atoms with Gasteiger partial charge in [-0.2, -0.15) is 0 Å². The number of hydrogen-bond acceptors (Lipinski definition) is 4. The fourth-order valence-corrected chi connectivity index (χ4v) is 4.87. The first-order chi connectivity index (χ1) is 16.2. The van der Waals surface area contributed by atoms with Gasteiger partial charge in [-0.1, -0.05) is 88.4 Å². The lowest BCUT2D eigenvalue weighted by atomic mass is 10.0. The van der Waals surface area contributed by atoms with Crippen molar-refractivity contribution in [3.8, 4) is 0 Å². The molecule has 0 spiro atoms. The standard InChI is InChI=1S/C27H20BrN3OS/c28-21-13-10-19(11-14-21)26-22-8-4-5-9-24(22)33-25-15-12-20(16-23(25)30-26)27(32)31-29-17-18-6-2-1-3-7-18/h1-16,29H,17H2,(H,31,32). The van der Waals surface area contributed by atoms with Crippen molar-refractivity contribution in [1.29, 1.82) is 0 Å². The number of nitrogens with one attached hydrogen (secondary N) is 2. The number of hydrogen-bond donors (Lipinski definition) is 2. The molecule has 2 N–H and O–H groups in total. The topological polar surface area (TPSA) is 53.5 Å². The molecule has 1 aliphatic heterocycles. The van der Waals surface area contributed by atoms with Gasteiger partial charge in [-0.05, 0) is 42.0 Å². The number of halogens is 1. The van der Waals surface area contributed by atoms with Crippen LogP contribution in [-0.2, 0) is 6.54 Å². The van der Waals surface area contributed by atoms with E-state index in [4.69, 9.17) is 4.99 Å². The van der Waals surface area contributed by atoms with Crippen LogP contribution in [0.5, 0.6) is 0 Å². The lowest BCUT2D eigenvalue weighted by molar-refractivity contribution is 0.0932. The van der Waals surface area contributed by atoms with Gasteiger partial charge in [0.2, 0.25) is 0 Å². The molecule has 4 aromatic rings. The number of fused-ring (bicyclic) bond motifs is 2. The summed E-state index contributed by atoms with van der Waals surface area (Å²) in [6.45, 7) is 0.550. The number of carbonyl (C=O) groups is 1. The lowest BCUT2D eigenvalue weighted by Crippen LogP contribution is -2.36. The molecule has 5 rings (SSSR count). The van der Waals surface area contributed by atoms with Gasteiger partial charge in [0.05, 0.1) is 11.4 Å². The molecule has 0 unspecified atom stereocenters. The molecule has 0 radical (unpaired) electrons. The molecule has 0 aromatic heterocycles. The van der Waals surface area contributed by atoms with E-state index in [-0.39, 0.29) is 5.91 Å². The molecular formula is C27H20BrN3OS. The first kappa shape index (κ1) is 21.6. The summed E-state index contributed by atoms with van der Waals surface area (Å²) < 4.78 is 1.02. The molecule has 0 bridgehead atoms. The van der Waals surface area contributed by atoms with E-state index in [1.807, 2.05) is 72.8 Å². The third kappa shape index (κ3) is 4.93. The number of nitrogens with zero attached hydrogens (tertiary/aromatic N) is 1. The van der Waals surface area contributed by atoms with Crippen molar-refractivity contribution in [1.82, 2.24) is 10.9 Å². The van der Waals surface area contributed by atoms with Crippen molar-refractivity contribution >= 4 is 45.0 Å². The van der Waals surface area contributed by atoms with Crippen LogP contribution in [0.4, 0.5) is 5.69 Å². The van der Waals surface area contributed by atoms with Crippen LogP contribution >= 0.6 is 27.7 Å². The predicted octanol–water partition coefficient (Wildman–Crippen LogP) is 6.52. The van der Waals surface area contributed by atoms with Gasteiger partial charge in [0, 0.05) is 37.5 Å². The molecule has 4 nitrogen and oxygen atoms in total. The summed E-state index contributed by atoms with van der Waals surface area (Å²) in [4.78, 5) is 20.0. The van der Waals surface area contributed by atoms with Crippen molar-refractivity contribution in [2.45, 2.75) is 16.3 Å². The zero-order chi connectivity index (χ0) is 22.6. The zero-order valence-electron chi connectivity index (χ0n) is 17.6. The molecule has 0 fully saturated rings. The molecule has 4 aromatic carbocycles. The summed E-state index contributed by atoms with van der Waals surface area (Å²) in [6, 6.07) is 32.0. The Balaban J connectivity index is 1.45. The Hall–Kier alpha value is -3.19. The number of hydrazine groups is 1. The van der Waals surface area contributed by atoms with E-state index in [0.29, 0.717) is 12.1 Å². The minimum Gasteiger partial charge on any atom is -0.287 e. The summed E-state index contributed by atoms with van der Waals surface area (Å²) in [5.41, 5.74) is 11.2. The highest BCUT2D eigenvalue weighted by Crippen LogP contribution is 2.41. The van der Waals surface area contributed by atoms with Crippen LogP contribution in [0.25, 0.3) is 0 Å². The van der Waals surface area contributed by atoms with Gasteiger partial charge in [0.15, 0.2) is 0 Å². The van der Waals surface area contributed by atoms with Crippen molar-refractivity contribution in [3.63, 3.8) is 0 Å². The maximum atomic E-state index is 12.8. The number of benzene rings is 4. The third-order valence-electron chi connectivity index (χ3n) is 5.27. The predicted molar refractivity (Wildman–Crippen MR) is 137 cm³/mol. The summed E-state index contributed by atoms with van der Waals surface area (Å²) in [6.07, 6.45) is 0. The molecule has 0 atom stereocenters. The smallest absolute Gasteiger partial charge is 0.265 e. The summed E-state index contributed by atoms with van der Waals surface area (Å²) in [5, 5.41) is 0. The van der Waals surface area contributed by atoms with Gasteiger partial charge in [-0.15, -0.1) is 0 Å². The van der Waals surface area contributed by atoms with E-state index < -0.39 is 0 Å². The van der Waals surface area contributed by atoms with E-state index >= 15 is 0 Å². The highest BCUT2D eigenvalue weighted by molar-refractivity contribution is 9.10. The first-order valence-electron chi connectivity index (χ1n) is 10.5. The Kier molecular flexibility index (Phi) is 6.39. The van der Waals surface area contributed by atoms with E-state index in [1.165, 1.54) is 0 Å². The highest BCUT2D eigenvalue weighted by Gasteiger charge is 2.20. The average molecular weight is 514 g/mol. The Morgan fingerprint density at radius 2 is 1.61 bits per heavy atom. The van der Waals surface area contributed by atoms with Gasteiger partial charge >= 0.3 is 0 Å². The minimum absolute atomic E-state index is 0.194. The van der Waals surface area contributed by atoms with Crippen molar-refractivity contribution < 1.29 is 4.79 Å². The third-order valence-corrected chi connectivity index (χ3v) is 6.94. The average Bonchev–Trinajstić information content (AvgIpc) is 3.01. The van der Waals surface area contributed by atoms with E-state index in [2.05, 4.69) is 51.0 Å². The largest absolute Gasteiger partial charge is 0.287 e. The van der Waals surface area contributed by atoms with Crippen LogP contribution in [0.15, 0.2) is 116 Å². The zero-order valence-corrected chi connectivity index (χ0v) is 20.0. The first-order valence-corrected chi connectivity index (χ1v) is 12.1. The second kappa shape index (κ2) is 9.75. The lowest BCUT2D eigenvalue weighted by Gasteiger charge is -2.09. The van der Waals surface area contributed by atoms with Gasteiger partial charge in [-0.25, -0.2) is 10.4 Å². The van der Waals surface area contributed by atoms with Gasteiger partial charge in [-0.3, -0.25) is 10.2 Å². The maximum absolute atomic E-state index is 12.8. The van der Waals surface area contributed by atoms with Crippen LogP contribution in [0.3, 0.4) is 0 Å². The number of amides is 1. The van der Waals surface area contributed by atoms with Gasteiger partial charge in [0.1, 0.15) is 0 Å². The van der Waals surface area contributed by atoms with Crippen LogP contribution in [0, 0.1) is 0 Å². The molecule has 1 amide bonds. The molecule has 162 valence electrons. The molecule has 1 heterocycles. The SMILES string of the molecule is O=C(NNCc1ccccc1)c1ccc2c(c1)N=C(c1ccc(Br)cc1)c1ccccc1S2. The Labute approximate surface area is 205 Å². The Morgan fingerprint density at radius 1 is 0.848 bits per heavy atom. The van der Waals surface area contributed by atoms with Crippen molar-refractivity contribution in [3.05, 3.63) is 124 Å².